The van der Waals surface area contributed by atoms with Gasteiger partial charge in [0.25, 0.3) is 0 Å². The number of ether oxygens (including phenoxy) is 1. The molecular formula is C22H24N2O5. The van der Waals surface area contributed by atoms with E-state index in [4.69, 9.17) is 9.84 Å². The van der Waals surface area contributed by atoms with Crippen LogP contribution in [0.2, 0.25) is 0 Å². The van der Waals surface area contributed by atoms with Gasteiger partial charge in [-0.25, -0.2) is 9.59 Å². The molecule has 0 spiro atoms. The zero-order chi connectivity index (χ0) is 21.0. The van der Waals surface area contributed by atoms with Gasteiger partial charge < -0.3 is 20.1 Å². The summed E-state index contributed by atoms with van der Waals surface area (Å²) < 4.78 is 5.37. The molecule has 29 heavy (non-hydrogen) atoms. The van der Waals surface area contributed by atoms with Crippen molar-refractivity contribution in [2.45, 2.75) is 25.8 Å². The second kappa shape index (κ2) is 8.77. The van der Waals surface area contributed by atoms with E-state index in [1.807, 2.05) is 36.4 Å². The number of hydrogen-bond donors (Lipinski definition) is 2. The van der Waals surface area contributed by atoms with Crippen LogP contribution in [-0.2, 0) is 14.3 Å². The predicted molar refractivity (Wildman–Crippen MR) is 108 cm³/mol. The van der Waals surface area contributed by atoms with Crippen LogP contribution in [0.15, 0.2) is 48.5 Å². The Morgan fingerprint density at radius 1 is 1.07 bits per heavy atom. The van der Waals surface area contributed by atoms with Crippen LogP contribution in [0, 0.1) is 0 Å². The minimum atomic E-state index is -1.10. The molecule has 2 aromatic carbocycles. The van der Waals surface area contributed by atoms with E-state index in [0.29, 0.717) is 0 Å². The van der Waals surface area contributed by atoms with E-state index < -0.39 is 24.0 Å². The molecular weight excluding hydrogens is 372 g/mol. The SMILES string of the molecule is CCN(C(=O)CNC(=O)OCC1c2ccccc2-c2ccccc21)C(C)C(=O)O. The van der Waals surface area contributed by atoms with Crippen molar-refractivity contribution in [2.24, 2.45) is 0 Å². The molecule has 0 aliphatic heterocycles. The molecule has 1 aliphatic carbocycles. The Morgan fingerprint density at radius 3 is 2.14 bits per heavy atom. The highest BCUT2D eigenvalue weighted by atomic mass is 16.5. The van der Waals surface area contributed by atoms with Crippen molar-refractivity contribution in [3.8, 4) is 11.1 Å². The second-order valence-electron chi connectivity index (χ2n) is 6.87. The van der Waals surface area contributed by atoms with Crippen LogP contribution in [0.1, 0.15) is 30.9 Å². The number of fused-ring (bicyclic) bond motifs is 3. The summed E-state index contributed by atoms with van der Waals surface area (Å²) in [4.78, 5) is 36.6. The van der Waals surface area contributed by atoms with Crippen molar-refractivity contribution in [2.75, 3.05) is 19.7 Å². The third kappa shape index (κ3) is 4.23. The minimum Gasteiger partial charge on any atom is -0.480 e. The van der Waals surface area contributed by atoms with Gasteiger partial charge in [-0.15, -0.1) is 0 Å². The summed E-state index contributed by atoms with van der Waals surface area (Å²) in [5.41, 5.74) is 4.47. The summed E-state index contributed by atoms with van der Waals surface area (Å²) in [6.45, 7) is 3.18. The molecule has 1 atom stereocenters. The molecule has 0 aromatic heterocycles. The highest BCUT2D eigenvalue weighted by Crippen LogP contribution is 2.44. The number of amides is 2. The van der Waals surface area contributed by atoms with E-state index in [2.05, 4.69) is 17.4 Å². The quantitative estimate of drug-likeness (QED) is 0.750. The molecule has 0 bridgehead atoms. The molecule has 152 valence electrons. The first kappa shape index (κ1) is 20.4. The molecule has 7 nitrogen and oxygen atoms in total. The van der Waals surface area contributed by atoms with Gasteiger partial charge in [-0.05, 0) is 36.1 Å². The summed E-state index contributed by atoms with van der Waals surface area (Å²) in [6.07, 6.45) is -0.709. The van der Waals surface area contributed by atoms with E-state index >= 15 is 0 Å². The maximum atomic E-state index is 12.2. The fourth-order valence-corrected chi connectivity index (χ4v) is 3.70. The largest absolute Gasteiger partial charge is 0.480 e. The third-order valence-corrected chi connectivity index (χ3v) is 5.21. The van der Waals surface area contributed by atoms with Crippen molar-refractivity contribution >= 4 is 18.0 Å². The Balaban J connectivity index is 1.59. The number of carbonyl (C=O) groups is 3. The monoisotopic (exact) mass is 396 g/mol. The fourth-order valence-electron chi connectivity index (χ4n) is 3.70. The van der Waals surface area contributed by atoms with E-state index in [1.165, 1.54) is 11.8 Å². The van der Waals surface area contributed by atoms with Crippen molar-refractivity contribution in [1.82, 2.24) is 10.2 Å². The van der Waals surface area contributed by atoms with Crippen molar-refractivity contribution in [3.63, 3.8) is 0 Å². The summed E-state index contributed by atoms with van der Waals surface area (Å²) in [5.74, 6) is -1.64. The molecule has 2 N–H and O–H groups in total. The summed E-state index contributed by atoms with van der Waals surface area (Å²) >= 11 is 0. The lowest BCUT2D eigenvalue weighted by Crippen LogP contribution is -2.47. The molecule has 1 unspecified atom stereocenters. The van der Waals surface area contributed by atoms with Crippen LogP contribution in [0.3, 0.4) is 0 Å². The number of carboxylic acid groups (broad SMARTS) is 1. The topological polar surface area (TPSA) is 95.9 Å². The summed E-state index contributed by atoms with van der Waals surface area (Å²) in [7, 11) is 0. The van der Waals surface area contributed by atoms with E-state index in [-0.39, 0.29) is 25.6 Å². The predicted octanol–water partition coefficient (Wildman–Crippen LogP) is 2.85. The Kier molecular flexibility index (Phi) is 6.16. The third-order valence-electron chi connectivity index (χ3n) is 5.21. The number of nitrogens with zero attached hydrogens (tertiary/aromatic N) is 1. The highest BCUT2D eigenvalue weighted by molar-refractivity contribution is 5.86. The van der Waals surface area contributed by atoms with Crippen LogP contribution in [0.25, 0.3) is 11.1 Å². The molecule has 3 rings (SSSR count). The molecule has 0 radical (unpaired) electrons. The lowest BCUT2D eigenvalue weighted by Gasteiger charge is -2.25. The van der Waals surface area contributed by atoms with E-state index in [0.717, 1.165) is 22.3 Å². The van der Waals surface area contributed by atoms with Gasteiger partial charge in [0.15, 0.2) is 0 Å². The average molecular weight is 396 g/mol. The normalized spacial score (nSPS) is 13.2. The molecule has 1 aliphatic rings. The van der Waals surface area contributed by atoms with Gasteiger partial charge in [0.1, 0.15) is 19.2 Å². The van der Waals surface area contributed by atoms with Gasteiger partial charge in [-0.3, -0.25) is 4.79 Å². The van der Waals surface area contributed by atoms with Gasteiger partial charge in [-0.1, -0.05) is 48.5 Å². The first-order chi connectivity index (χ1) is 13.9. The Bertz CT molecular complexity index is 881. The first-order valence-electron chi connectivity index (χ1n) is 9.55. The smallest absolute Gasteiger partial charge is 0.407 e. The number of rotatable bonds is 7. The van der Waals surface area contributed by atoms with Gasteiger partial charge >= 0.3 is 12.1 Å². The number of benzene rings is 2. The zero-order valence-electron chi connectivity index (χ0n) is 16.4. The maximum absolute atomic E-state index is 12.2. The number of hydrogen-bond acceptors (Lipinski definition) is 4. The highest BCUT2D eigenvalue weighted by Gasteiger charge is 2.29. The number of carboxylic acids is 1. The van der Waals surface area contributed by atoms with Crippen LogP contribution in [-0.4, -0.2) is 53.7 Å². The second-order valence-corrected chi connectivity index (χ2v) is 6.87. The molecule has 0 fully saturated rings. The van der Waals surface area contributed by atoms with Crippen molar-refractivity contribution in [3.05, 3.63) is 59.7 Å². The van der Waals surface area contributed by atoms with Crippen LogP contribution in [0.5, 0.6) is 0 Å². The van der Waals surface area contributed by atoms with E-state index in [9.17, 15) is 14.4 Å². The van der Waals surface area contributed by atoms with Crippen LogP contribution >= 0.6 is 0 Å². The summed E-state index contributed by atoms with van der Waals surface area (Å²) in [5, 5.41) is 11.5. The number of likely N-dealkylation sites (N-methyl/N-ethyl adjacent to an activating group) is 1. The average Bonchev–Trinajstić information content (AvgIpc) is 3.05. The van der Waals surface area contributed by atoms with Crippen molar-refractivity contribution < 1.29 is 24.2 Å². The number of carbonyl (C=O) groups excluding carboxylic acids is 2. The minimum absolute atomic E-state index is 0.0666. The molecule has 2 amide bonds. The van der Waals surface area contributed by atoms with Crippen LogP contribution in [0.4, 0.5) is 4.79 Å². The molecule has 2 aromatic rings. The van der Waals surface area contributed by atoms with Gasteiger partial charge in [0, 0.05) is 12.5 Å². The Morgan fingerprint density at radius 2 is 1.62 bits per heavy atom. The number of nitrogens with one attached hydrogen (secondary N) is 1. The lowest BCUT2D eigenvalue weighted by atomic mass is 9.98. The number of aliphatic carboxylic acids is 1. The molecule has 0 saturated heterocycles. The molecule has 0 heterocycles. The van der Waals surface area contributed by atoms with Crippen molar-refractivity contribution in [1.29, 1.82) is 0 Å². The first-order valence-corrected chi connectivity index (χ1v) is 9.55. The molecule has 7 heteroatoms. The van der Waals surface area contributed by atoms with E-state index in [1.54, 1.807) is 6.92 Å². The zero-order valence-corrected chi connectivity index (χ0v) is 16.4. The Labute approximate surface area is 169 Å². The lowest BCUT2D eigenvalue weighted by molar-refractivity contribution is -0.148. The Hall–Kier alpha value is -3.35. The van der Waals surface area contributed by atoms with Gasteiger partial charge in [0.05, 0.1) is 0 Å². The standard InChI is InChI=1S/C22H24N2O5/c1-3-24(14(2)21(26)27)20(25)12-23-22(28)29-13-19-17-10-6-4-8-15(17)16-9-5-7-11-18(16)19/h4-11,14,19H,3,12-13H2,1-2H3,(H,23,28)(H,26,27). The fraction of sp³-hybridized carbons (Fsp3) is 0.318. The van der Waals surface area contributed by atoms with Gasteiger partial charge in [-0.2, -0.15) is 0 Å². The molecule has 0 saturated carbocycles. The number of alkyl carbamates (subject to hydrolysis) is 1. The van der Waals surface area contributed by atoms with Crippen LogP contribution < -0.4 is 5.32 Å². The van der Waals surface area contributed by atoms with Gasteiger partial charge in [0.2, 0.25) is 5.91 Å². The maximum Gasteiger partial charge on any atom is 0.407 e. The summed E-state index contributed by atoms with van der Waals surface area (Å²) in [6, 6.07) is 15.1.